The Hall–Kier alpha value is -3.31. The van der Waals surface area contributed by atoms with Gasteiger partial charge in [0.1, 0.15) is 18.2 Å². The maximum absolute atomic E-state index is 12.3. The molecule has 0 atom stereocenters. The summed E-state index contributed by atoms with van der Waals surface area (Å²) < 4.78 is 8.27. The van der Waals surface area contributed by atoms with E-state index >= 15 is 0 Å². The number of carbonyl (C=O) groups is 1. The summed E-state index contributed by atoms with van der Waals surface area (Å²) in [4.78, 5) is 17.1. The van der Waals surface area contributed by atoms with Gasteiger partial charge in [-0.3, -0.25) is 4.79 Å². The number of hydrogen-bond donors (Lipinski definition) is 1. The normalized spacial score (nSPS) is 11.0. The van der Waals surface area contributed by atoms with Crippen LogP contribution in [0.25, 0.3) is 11.0 Å². The number of aromatic nitrogens is 2. The standard InChI is InChI=1S/C27H28ClN3O2/c1-19-7-8-20(2)25(17-19)33-16-15-31-24-6-4-3-5-23(24)30-26(31)13-14-29-27(32)18-21-9-11-22(28)12-10-21/h3-12,17H,13-16,18H2,1-2H3,(H,29,32). The molecule has 1 heterocycles. The van der Waals surface area contributed by atoms with E-state index in [0.29, 0.717) is 37.6 Å². The van der Waals surface area contributed by atoms with Gasteiger partial charge in [-0.2, -0.15) is 0 Å². The molecule has 0 unspecified atom stereocenters. The van der Waals surface area contributed by atoms with Crippen LogP contribution in [0.4, 0.5) is 0 Å². The summed E-state index contributed by atoms with van der Waals surface area (Å²) in [7, 11) is 0. The minimum atomic E-state index is -0.0155. The fourth-order valence-corrected chi connectivity index (χ4v) is 3.97. The maximum Gasteiger partial charge on any atom is 0.224 e. The number of halogens is 1. The second-order valence-electron chi connectivity index (χ2n) is 8.19. The molecule has 0 saturated heterocycles. The van der Waals surface area contributed by atoms with Gasteiger partial charge < -0.3 is 14.6 Å². The first-order valence-corrected chi connectivity index (χ1v) is 11.5. The number of hydrogen-bond acceptors (Lipinski definition) is 3. The van der Waals surface area contributed by atoms with Crippen LogP contribution >= 0.6 is 11.6 Å². The maximum atomic E-state index is 12.3. The Balaban J connectivity index is 1.38. The first kappa shape index (κ1) is 22.9. The Kier molecular flexibility index (Phi) is 7.30. The molecule has 0 bridgehead atoms. The number of carbonyl (C=O) groups excluding carboxylic acids is 1. The molecular formula is C27H28ClN3O2. The van der Waals surface area contributed by atoms with Gasteiger partial charge in [0.05, 0.1) is 24.0 Å². The predicted octanol–water partition coefficient (Wildman–Crippen LogP) is 5.29. The SMILES string of the molecule is Cc1ccc(C)c(OCCn2c(CCNC(=O)Cc3ccc(Cl)cc3)nc3ccccc32)c1. The quantitative estimate of drug-likeness (QED) is 0.368. The Morgan fingerprint density at radius 2 is 1.85 bits per heavy atom. The van der Waals surface area contributed by atoms with Crippen molar-refractivity contribution < 1.29 is 9.53 Å². The third-order valence-electron chi connectivity index (χ3n) is 5.60. The lowest BCUT2D eigenvalue weighted by molar-refractivity contribution is -0.120. The van der Waals surface area contributed by atoms with Crippen molar-refractivity contribution in [1.82, 2.24) is 14.9 Å². The van der Waals surface area contributed by atoms with E-state index in [9.17, 15) is 4.79 Å². The number of nitrogens with zero attached hydrogens (tertiary/aromatic N) is 2. The summed E-state index contributed by atoms with van der Waals surface area (Å²) in [5.74, 6) is 1.83. The van der Waals surface area contributed by atoms with Gasteiger partial charge >= 0.3 is 0 Å². The van der Waals surface area contributed by atoms with Gasteiger partial charge in [-0.25, -0.2) is 4.98 Å². The largest absolute Gasteiger partial charge is 0.491 e. The van der Waals surface area contributed by atoms with E-state index in [4.69, 9.17) is 21.3 Å². The van der Waals surface area contributed by atoms with Crippen LogP contribution in [-0.2, 0) is 24.2 Å². The molecule has 0 spiro atoms. The zero-order valence-electron chi connectivity index (χ0n) is 19.0. The molecule has 33 heavy (non-hydrogen) atoms. The van der Waals surface area contributed by atoms with Crippen molar-refractivity contribution in [3.8, 4) is 5.75 Å². The van der Waals surface area contributed by atoms with Crippen LogP contribution in [0.1, 0.15) is 22.5 Å². The summed E-state index contributed by atoms with van der Waals surface area (Å²) in [6.07, 6.45) is 0.974. The third kappa shape index (κ3) is 5.93. The zero-order valence-corrected chi connectivity index (χ0v) is 19.7. The van der Waals surface area contributed by atoms with E-state index < -0.39 is 0 Å². The van der Waals surface area contributed by atoms with Crippen molar-refractivity contribution in [3.63, 3.8) is 0 Å². The smallest absolute Gasteiger partial charge is 0.224 e. The molecule has 0 radical (unpaired) electrons. The molecule has 0 aliphatic rings. The molecule has 0 aliphatic heterocycles. The molecule has 0 aliphatic carbocycles. The van der Waals surface area contributed by atoms with Gasteiger partial charge in [0.2, 0.25) is 5.91 Å². The highest BCUT2D eigenvalue weighted by molar-refractivity contribution is 6.30. The molecule has 6 heteroatoms. The van der Waals surface area contributed by atoms with Crippen LogP contribution in [0.5, 0.6) is 5.75 Å². The van der Waals surface area contributed by atoms with Crippen LogP contribution in [-0.4, -0.2) is 28.6 Å². The number of amides is 1. The monoisotopic (exact) mass is 461 g/mol. The second-order valence-corrected chi connectivity index (χ2v) is 8.63. The lowest BCUT2D eigenvalue weighted by Crippen LogP contribution is -2.28. The van der Waals surface area contributed by atoms with E-state index in [1.165, 1.54) is 5.56 Å². The first-order valence-electron chi connectivity index (χ1n) is 11.1. The molecule has 5 nitrogen and oxygen atoms in total. The van der Waals surface area contributed by atoms with E-state index in [1.54, 1.807) is 12.1 Å². The van der Waals surface area contributed by atoms with Crippen molar-refractivity contribution >= 4 is 28.5 Å². The number of rotatable bonds is 9. The summed E-state index contributed by atoms with van der Waals surface area (Å²) >= 11 is 5.91. The molecule has 0 fully saturated rings. The lowest BCUT2D eigenvalue weighted by Gasteiger charge is -2.13. The van der Waals surface area contributed by atoms with Gasteiger partial charge in [0.25, 0.3) is 0 Å². The number of benzene rings is 3. The van der Waals surface area contributed by atoms with E-state index in [-0.39, 0.29) is 5.91 Å². The molecule has 1 aromatic heterocycles. The van der Waals surface area contributed by atoms with Crippen molar-refractivity contribution in [2.24, 2.45) is 0 Å². The molecule has 4 aromatic rings. The average molecular weight is 462 g/mol. The highest BCUT2D eigenvalue weighted by atomic mass is 35.5. The van der Waals surface area contributed by atoms with Crippen molar-refractivity contribution in [3.05, 3.63) is 94.3 Å². The number of nitrogens with one attached hydrogen (secondary N) is 1. The molecule has 4 rings (SSSR count). The number of ether oxygens (including phenoxy) is 1. The van der Waals surface area contributed by atoms with Crippen LogP contribution < -0.4 is 10.1 Å². The molecule has 1 amide bonds. The zero-order chi connectivity index (χ0) is 23.2. The van der Waals surface area contributed by atoms with Gasteiger partial charge in [-0.15, -0.1) is 0 Å². The highest BCUT2D eigenvalue weighted by Crippen LogP contribution is 2.20. The summed E-state index contributed by atoms with van der Waals surface area (Å²) in [6, 6.07) is 21.7. The molecule has 0 saturated carbocycles. The van der Waals surface area contributed by atoms with Gasteiger partial charge in [0, 0.05) is 18.0 Å². The van der Waals surface area contributed by atoms with Crippen LogP contribution in [0, 0.1) is 13.8 Å². The van der Waals surface area contributed by atoms with Crippen LogP contribution in [0.3, 0.4) is 0 Å². The minimum Gasteiger partial charge on any atom is -0.491 e. The first-order chi connectivity index (χ1) is 16.0. The van der Waals surface area contributed by atoms with Crippen LogP contribution in [0.15, 0.2) is 66.7 Å². The third-order valence-corrected chi connectivity index (χ3v) is 5.85. The van der Waals surface area contributed by atoms with Crippen molar-refractivity contribution in [2.45, 2.75) is 33.2 Å². The summed E-state index contributed by atoms with van der Waals surface area (Å²) in [5.41, 5.74) is 5.27. The summed E-state index contributed by atoms with van der Waals surface area (Å²) in [6.45, 7) is 5.87. The predicted molar refractivity (Wildman–Crippen MR) is 133 cm³/mol. The Morgan fingerprint density at radius 1 is 1.06 bits per heavy atom. The molecule has 170 valence electrons. The van der Waals surface area contributed by atoms with Gasteiger partial charge in [0.15, 0.2) is 0 Å². The van der Waals surface area contributed by atoms with E-state index in [1.807, 2.05) is 30.3 Å². The minimum absolute atomic E-state index is 0.0155. The highest BCUT2D eigenvalue weighted by Gasteiger charge is 2.12. The van der Waals surface area contributed by atoms with Gasteiger partial charge in [-0.1, -0.05) is 48.0 Å². The Labute approximate surface area is 199 Å². The fourth-order valence-electron chi connectivity index (χ4n) is 3.84. The lowest BCUT2D eigenvalue weighted by atomic mass is 10.1. The number of aryl methyl sites for hydroxylation is 2. The fraction of sp³-hybridized carbons (Fsp3) is 0.259. The van der Waals surface area contributed by atoms with Crippen molar-refractivity contribution in [1.29, 1.82) is 0 Å². The van der Waals surface area contributed by atoms with Crippen LogP contribution in [0.2, 0.25) is 5.02 Å². The number of imidazole rings is 1. The van der Waals surface area contributed by atoms with Crippen molar-refractivity contribution in [2.75, 3.05) is 13.2 Å². The summed E-state index contributed by atoms with van der Waals surface area (Å²) in [5, 5.41) is 3.67. The molecule has 3 aromatic carbocycles. The number of para-hydroxylation sites is 2. The van der Waals surface area contributed by atoms with Gasteiger partial charge in [-0.05, 0) is 60.9 Å². The number of fused-ring (bicyclic) bond motifs is 1. The Bertz CT molecular complexity index is 1250. The van der Waals surface area contributed by atoms with E-state index in [2.05, 4.69) is 48.0 Å². The second kappa shape index (κ2) is 10.5. The Morgan fingerprint density at radius 3 is 2.67 bits per heavy atom. The van der Waals surface area contributed by atoms with E-state index in [0.717, 1.165) is 33.7 Å². The molecular weight excluding hydrogens is 434 g/mol. The molecule has 1 N–H and O–H groups in total. The topological polar surface area (TPSA) is 56.1 Å². The average Bonchev–Trinajstić information content (AvgIpc) is 3.15.